The summed E-state index contributed by atoms with van der Waals surface area (Å²) in [5.74, 6) is 1.37. The van der Waals surface area contributed by atoms with Gasteiger partial charge >= 0.3 is 0 Å². The summed E-state index contributed by atoms with van der Waals surface area (Å²) in [6, 6.07) is 3.76. The Bertz CT molecular complexity index is 477. The third kappa shape index (κ3) is 2.00. The van der Waals surface area contributed by atoms with Crippen LogP contribution in [0, 0.1) is 0 Å². The van der Waals surface area contributed by atoms with E-state index in [9.17, 15) is 0 Å². The highest BCUT2D eigenvalue weighted by atomic mass is 35.5. The Kier molecular flexibility index (Phi) is 3.06. The van der Waals surface area contributed by atoms with Crippen molar-refractivity contribution in [1.82, 2.24) is 4.98 Å². The average molecular weight is 239 g/mol. The number of halogens is 1. The first-order chi connectivity index (χ1) is 7.68. The zero-order valence-corrected chi connectivity index (χ0v) is 10.2. The molecule has 2 aromatic heterocycles. The first-order valence-corrected chi connectivity index (χ1v) is 5.88. The summed E-state index contributed by atoms with van der Waals surface area (Å²) < 4.78 is 5.33. The lowest BCUT2D eigenvalue weighted by Crippen LogP contribution is -2.36. The number of hydrogen-bond donors (Lipinski definition) is 1. The Labute approximate surface area is 99.8 Å². The highest BCUT2D eigenvalue weighted by molar-refractivity contribution is 6.18. The van der Waals surface area contributed by atoms with Gasteiger partial charge in [-0.05, 0) is 25.5 Å². The van der Waals surface area contributed by atoms with Gasteiger partial charge in [0.05, 0.1) is 11.6 Å². The van der Waals surface area contributed by atoms with E-state index in [0.29, 0.717) is 5.88 Å². The highest BCUT2D eigenvalue weighted by Crippen LogP contribution is 2.26. The van der Waals surface area contributed by atoms with Crippen LogP contribution in [0.15, 0.2) is 29.0 Å². The number of nitrogens with one attached hydrogen (secondary N) is 1. The van der Waals surface area contributed by atoms with Crippen LogP contribution in [-0.4, -0.2) is 16.4 Å². The number of hydrogen-bond acceptors (Lipinski definition) is 3. The van der Waals surface area contributed by atoms with Crippen LogP contribution >= 0.6 is 11.6 Å². The van der Waals surface area contributed by atoms with Gasteiger partial charge in [-0.1, -0.05) is 6.92 Å². The number of pyridine rings is 1. The predicted molar refractivity (Wildman–Crippen MR) is 67.0 cm³/mol. The Hall–Kier alpha value is -1.22. The van der Waals surface area contributed by atoms with Crippen molar-refractivity contribution in [3.63, 3.8) is 0 Å². The largest absolute Gasteiger partial charge is 0.464 e. The summed E-state index contributed by atoms with van der Waals surface area (Å²) >= 11 is 5.97. The fourth-order valence-electron chi connectivity index (χ4n) is 1.50. The SMILES string of the molecule is CCC(C)(CCl)Nc1nccc2occc12. The smallest absolute Gasteiger partial charge is 0.139 e. The molecule has 86 valence electrons. The summed E-state index contributed by atoms with van der Waals surface area (Å²) in [7, 11) is 0. The second-order valence-electron chi connectivity index (χ2n) is 4.16. The van der Waals surface area contributed by atoms with Crippen LogP contribution in [0.2, 0.25) is 0 Å². The standard InChI is InChI=1S/C12H15ClN2O/c1-3-12(2,8-13)15-11-9-5-7-16-10(9)4-6-14-11/h4-7H,3,8H2,1-2H3,(H,14,15). The van der Waals surface area contributed by atoms with Gasteiger partial charge in [0.25, 0.3) is 0 Å². The van der Waals surface area contributed by atoms with E-state index in [1.54, 1.807) is 12.5 Å². The molecule has 2 aromatic rings. The van der Waals surface area contributed by atoms with Gasteiger partial charge in [0.2, 0.25) is 0 Å². The molecule has 0 amide bonds. The summed E-state index contributed by atoms with van der Waals surface area (Å²) in [6.45, 7) is 4.19. The minimum absolute atomic E-state index is 0.139. The van der Waals surface area contributed by atoms with Gasteiger partial charge < -0.3 is 9.73 Å². The molecule has 0 bridgehead atoms. The molecule has 0 aliphatic rings. The molecule has 1 atom stereocenters. The molecule has 0 aromatic carbocycles. The van der Waals surface area contributed by atoms with Gasteiger partial charge in [-0.25, -0.2) is 4.98 Å². The van der Waals surface area contributed by atoms with Crippen molar-refractivity contribution in [2.24, 2.45) is 0 Å². The molecular formula is C12H15ClN2O. The summed E-state index contributed by atoms with van der Waals surface area (Å²) in [5, 5.41) is 4.37. The number of rotatable bonds is 4. The van der Waals surface area contributed by atoms with Crippen molar-refractivity contribution in [1.29, 1.82) is 0 Å². The van der Waals surface area contributed by atoms with Gasteiger partial charge in [-0.3, -0.25) is 0 Å². The van der Waals surface area contributed by atoms with E-state index < -0.39 is 0 Å². The monoisotopic (exact) mass is 238 g/mol. The Balaban J connectivity index is 2.37. The van der Waals surface area contributed by atoms with Crippen molar-refractivity contribution in [3.05, 3.63) is 24.6 Å². The number of alkyl halides is 1. The maximum Gasteiger partial charge on any atom is 0.139 e. The molecule has 0 aliphatic heterocycles. The second-order valence-corrected chi connectivity index (χ2v) is 4.43. The van der Waals surface area contributed by atoms with Gasteiger partial charge in [0, 0.05) is 17.6 Å². The third-order valence-corrected chi connectivity index (χ3v) is 3.47. The first kappa shape index (κ1) is 11.3. The predicted octanol–water partition coefficient (Wildman–Crippen LogP) is 3.65. The number of fused-ring (bicyclic) bond motifs is 1. The topological polar surface area (TPSA) is 38.1 Å². The van der Waals surface area contributed by atoms with Crippen LogP contribution < -0.4 is 5.32 Å². The Morgan fingerprint density at radius 1 is 1.50 bits per heavy atom. The third-order valence-electron chi connectivity index (χ3n) is 2.88. The van der Waals surface area contributed by atoms with Gasteiger partial charge in [-0.2, -0.15) is 0 Å². The molecule has 0 saturated carbocycles. The normalized spacial score (nSPS) is 14.9. The second kappa shape index (κ2) is 4.34. The van der Waals surface area contributed by atoms with Crippen LogP contribution in [-0.2, 0) is 0 Å². The molecule has 2 heterocycles. The number of nitrogens with zero attached hydrogens (tertiary/aromatic N) is 1. The maximum absolute atomic E-state index is 5.97. The number of anilines is 1. The Morgan fingerprint density at radius 2 is 2.31 bits per heavy atom. The van der Waals surface area contributed by atoms with E-state index in [1.165, 1.54) is 0 Å². The van der Waals surface area contributed by atoms with Crippen molar-refractivity contribution < 1.29 is 4.42 Å². The molecule has 0 spiro atoms. The zero-order valence-electron chi connectivity index (χ0n) is 9.46. The van der Waals surface area contributed by atoms with Gasteiger partial charge in [-0.15, -0.1) is 11.6 Å². The average Bonchev–Trinajstić information content (AvgIpc) is 2.78. The molecular weight excluding hydrogens is 224 g/mol. The van der Waals surface area contributed by atoms with Crippen molar-refractivity contribution in [3.8, 4) is 0 Å². The molecule has 3 nitrogen and oxygen atoms in total. The Morgan fingerprint density at radius 3 is 3.00 bits per heavy atom. The van der Waals surface area contributed by atoms with E-state index in [2.05, 4.69) is 24.1 Å². The summed E-state index contributed by atoms with van der Waals surface area (Å²) in [4.78, 5) is 4.33. The molecule has 1 N–H and O–H groups in total. The molecule has 2 rings (SSSR count). The van der Waals surface area contributed by atoms with E-state index in [1.807, 2.05) is 12.1 Å². The van der Waals surface area contributed by atoms with E-state index in [4.69, 9.17) is 16.0 Å². The maximum atomic E-state index is 5.97. The quantitative estimate of drug-likeness (QED) is 0.827. The lowest BCUT2D eigenvalue weighted by Gasteiger charge is -2.27. The molecule has 0 radical (unpaired) electrons. The molecule has 1 unspecified atom stereocenters. The minimum atomic E-state index is -0.139. The lowest BCUT2D eigenvalue weighted by molar-refractivity contribution is 0.552. The van der Waals surface area contributed by atoms with Crippen molar-refractivity contribution in [2.75, 3.05) is 11.2 Å². The van der Waals surface area contributed by atoms with Crippen LogP contribution in [0.3, 0.4) is 0 Å². The van der Waals surface area contributed by atoms with Gasteiger partial charge in [0.1, 0.15) is 11.4 Å². The molecule has 4 heteroatoms. The lowest BCUT2D eigenvalue weighted by atomic mass is 10.0. The highest BCUT2D eigenvalue weighted by Gasteiger charge is 2.21. The molecule has 0 aliphatic carbocycles. The van der Waals surface area contributed by atoms with Crippen molar-refractivity contribution in [2.45, 2.75) is 25.8 Å². The van der Waals surface area contributed by atoms with Crippen LogP contribution in [0.4, 0.5) is 5.82 Å². The van der Waals surface area contributed by atoms with Crippen LogP contribution in [0.1, 0.15) is 20.3 Å². The number of aromatic nitrogens is 1. The molecule has 16 heavy (non-hydrogen) atoms. The first-order valence-electron chi connectivity index (χ1n) is 5.35. The fourth-order valence-corrected chi connectivity index (χ4v) is 1.75. The molecule has 0 fully saturated rings. The van der Waals surface area contributed by atoms with E-state index in [0.717, 1.165) is 23.2 Å². The number of furan rings is 1. The summed E-state index contributed by atoms with van der Waals surface area (Å²) in [5.41, 5.74) is 0.700. The van der Waals surface area contributed by atoms with Crippen LogP contribution in [0.5, 0.6) is 0 Å². The minimum Gasteiger partial charge on any atom is -0.464 e. The zero-order chi connectivity index (χ0) is 11.6. The van der Waals surface area contributed by atoms with E-state index in [-0.39, 0.29) is 5.54 Å². The van der Waals surface area contributed by atoms with E-state index >= 15 is 0 Å². The van der Waals surface area contributed by atoms with Crippen LogP contribution in [0.25, 0.3) is 11.0 Å². The summed E-state index contributed by atoms with van der Waals surface area (Å²) in [6.07, 6.45) is 4.34. The van der Waals surface area contributed by atoms with Crippen molar-refractivity contribution >= 4 is 28.4 Å². The van der Waals surface area contributed by atoms with Gasteiger partial charge in [0.15, 0.2) is 0 Å². The fraction of sp³-hybridized carbons (Fsp3) is 0.417. The molecule has 0 saturated heterocycles.